The Balaban J connectivity index is 0.000000461. The first-order valence-electron chi connectivity index (χ1n) is 6.56. The summed E-state index contributed by atoms with van der Waals surface area (Å²) in [5.74, 6) is -0.979. The highest BCUT2D eigenvalue weighted by atomic mass is 16.6. The molecule has 118 valence electrons. The molecule has 0 radical (unpaired) electrons. The molecule has 0 unspecified atom stereocenters. The third kappa shape index (κ3) is 9.25. The van der Waals surface area contributed by atoms with Crippen molar-refractivity contribution in [2.45, 2.75) is 13.8 Å². The molecule has 22 heavy (non-hydrogen) atoms. The van der Waals surface area contributed by atoms with Crippen LogP contribution >= 0.6 is 0 Å². The molecule has 0 amide bonds. The number of aromatic nitrogens is 1. The molecule has 0 N–H and O–H groups in total. The van der Waals surface area contributed by atoms with E-state index in [2.05, 4.69) is 34.2 Å². The molecule has 0 saturated carbocycles. The molecule has 1 aromatic rings. The third-order valence-electron chi connectivity index (χ3n) is 2.19. The predicted octanol–water partition coefficient (Wildman–Crippen LogP) is 2.95. The normalized spacial score (nSPS) is 8.82. The molecule has 0 bridgehead atoms. The van der Waals surface area contributed by atoms with Crippen LogP contribution in [-0.4, -0.2) is 30.1 Å². The van der Waals surface area contributed by atoms with Gasteiger partial charge in [-0.2, -0.15) is 0 Å². The number of hydrogen-bond donors (Lipinski definition) is 0. The van der Waals surface area contributed by atoms with Crippen LogP contribution in [0.25, 0.3) is 6.08 Å². The number of carbonyl (C=O) groups excluding carboxylic acids is 2. The molecule has 0 atom stereocenters. The lowest BCUT2D eigenvalue weighted by Crippen LogP contribution is -2.14. The van der Waals surface area contributed by atoms with Crippen LogP contribution in [0.15, 0.2) is 55.4 Å². The zero-order chi connectivity index (χ0) is 17.0. The van der Waals surface area contributed by atoms with Gasteiger partial charge >= 0.3 is 11.9 Å². The van der Waals surface area contributed by atoms with Gasteiger partial charge in [0.1, 0.15) is 13.2 Å². The Labute approximate surface area is 131 Å². The number of esters is 2. The zero-order valence-electron chi connectivity index (χ0n) is 13.0. The number of rotatable bonds is 6. The Morgan fingerprint density at radius 3 is 1.73 bits per heavy atom. The maximum Gasteiger partial charge on any atom is 0.333 e. The monoisotopic (exact) mass is 303 g/mol. The minimum absolute atomic E-state index is 0.0325. The average Bonchev–Trinajstić information content (AvgIpc) is 2.52. The van der Waals surface area contributed by atoms with Gasteiger partial charge in [0.25, 0.3) is 0 Å². The van der Waals surface area contributed by atoms with Crippen molar-refractivity contribution in [2.75, 3.05) is 13.2 Å². The molecule has 0 fully saturated rings. The molecule has 0 aromatic carbocycles. The highest BCUT2D eigenvalue weighted by molar-refractivity contribution is 5.87. The van der Waals surface area contributed by atoms with E-state index < -0.39 is 11.9 Å². The standard InChI is InChI=1S/C10H14O4.C7H7N/c1-7(2)9(11)13-5-6-14-10(12)8(3)4;1-2-7-3-5-8-6-4-7/h1,3,5-6H2,2,4H3;2-6H,1H2. The second-order valence-electron chi connectivity index (χ2n) is 4.32. The molecule has 1 aromatic heterocycles. The largest absolute Gasteiger partial charge is 0.459 e. The van der Waals surface area contributed by atoms with E-state index in [1.165, 1.54) is 0 Å². The van der Waals surface area contributed by atoms with Gasteiger partial charge in [-0.3, -0.25) is 4.98 Å². The van der Waals surface area contributed by atoms with Crippen molar-refractivity contribution in [1.82, 2.24) is 4.98 Å². The van der Waals surface area contributed by atoms with Gasteiger partial charge in [0.2, 0.25) is 0 Å². The van der Waals surface area contributed by atoms with E-state index >= 15 is 0 Å². The van der Waals surface area contributed by atoms with Crippen LogP contribution in [0, 0.1) is 0 Å². The van der Waals surface area contributed by atoms with E-state index in [1.54, 1.807) is 32.3 Å². The van der Waals surface area contributed by atoms with Crippen molar-refractivity contribution in [2.24, 2.45) is 0 Å². The number of carbonyl (C=O) groups is 2. The van der Waals surface area contributed by atoms with Crippen molar-refractivity contribution in [1.29, 1.82) is 0 Å². The van der Waals surface area contributed by atoms with Crippen LogP contribution in [0.2, 0.25) is 0 Å². The summed E-state index contributed by atoms with van der Waals surface area (Å²) >= 11 is 0. The predicted molar refractivity (Wildman–Crippen MR) is 85.9 cm³/mol. The van der Waals surface area contributed by atoms with Crippen LogP contribution in [0.4, 0.5) is 0 Å². The first-order chi connectivity index (χ1) is 10.4. The molecule has 0 aliphatic rings. The fourth-order valence-corrected chi connectivity index (χ4v) is 1.01. The van der Waals surface area contributed by atoms with Gasteiger partial charge in [0.05, 0.1) is 0 Å². The highest BCUT2D eigenvalue weighted by Gasteiger charge is 2.05. The van der Waals surface area contributed by atoms with Crippen LogP contribution in [0.3, 0.4) is 0 Å². The maximum absolute atomic E-state index is 10.8. The van der Waals surface area contributed by atoms with Gasteiger partial charge in [-0.05, 0) is 31.5 Å². The highest BCUT2D eigenvalue weighted by Crippen LogP contribution is 1.95. The zero-order valence-corrected chi connectivity index (χ0v) is 13.0. The third-order valence-corrected chi connectivity index (χ3v) is 2.19. The quantitative estimate of drug-likeness (QED) is 0.459. The molecular formula is C17H21NO4. The minimum Gasteiger partial charge on any atom is -0.459 e. The Morgan fingerprint density at radius 1 is 1.05 bits per heavy atom. The van der Waals surface area contributed by atoms with Gasteiger partial charge in [0, 0.05) is 23.5 Å². The van der Waals surface area contributed by atoms with Gasteiger partial charge in [0.15, 0.2) is 0 Å². The van der Waals surface area contributed by atoms with Crippen LogP contribution in [-0.2, 0) is 19.1 Å². The number of nitrogens with zero attached hydrogens (tertiary/aromatic N) is 1. The first-order valence-corrected chi connectivity index (χ1v) is 6.56. The molecule has 5 heteroatoms. The number of ether oxygens (including phenoxy) is 2. The summed E-state index contributed by atoms with van der Waals surface area (Å²) in [6.07, 6.45) is 5.29. The Morgan fingerprint density at radius 2 is 1.45 bits per heavy atom. The lowest BCUT2D eigenvalue weighted by atomic mass is 10.3. The summed E-state index contributed by atoms with van der Waals surface area (Å²) in [5.41, 5.74) is 1.74. The van der Waals surface area contributed by atoms with Crippen molar-refractivity contribution in [3.63, 3.8) is 0 Å². The Kier molecular flexibility index (Phi) is 9.67. The summed E-state index contributed by atoms with van der Waals surface area (Å²) in [6, 6.07) is 3.82. The maximum atomic E-state index is 10.8. The number of hydrogen-bond acceptors (Lipinski definition) is 5. The summed E-state index contributed by atoms with van der Waals surface area (Å²) in [4.78, 5) is 25.5. The van der Waals surface area contributed by atoms with Crippen molar-refractivity contribution < 1.29 is 19.1 Å². The minimum atomic E-state index is -0.489. The van der Waals surface area contributed by atoms with E-state index in [-0.39, 0.29) is 13.2 Å². The Hall–Kier alpha value is -2.69. The molecule has 1 rings (SSSR count). The van der Waals surface area contributed by atoms with Gasteiger partial charge in [-0.25, -0.2) is 9.59 Å². The molecule has 0 aliphatic heterocycles. The molecular weight excluding hydrogens is 282 g/mol. The molecule has 0 spiro atoms. The summed E-state index contributed by atoms with van der Waals surface area (Å²) in [6.45, 7) is 13.6. The smallest absolute Gasteiger partial charge is 0.333 e. The van der Waals surface area contributed by atoms with E-state index in [0.717, 1.165) is 5.56 Å². The number of pyridine rings is 1. The topological polar surface area (TPSA) is 65.5 Å². The van der Waals surface area contributed by atoms with Crippen LogP contribution < -0.4 is 0 Å². The van der Waals surface area contributed by atoms with E-state index in [9.17, 15) is 9.59 Å². The van der Waals surface area contributed by atoms with Gasteiger partial charge in [-0.15, -0.1) is 0 Å². The second-order valence-corrected chi connectivity index (χ2v) is 4.32. The van der Waals surface area contributed by atoms with Gasteiger partial charge in [-0.1, -0.05) is 25.8 Å². The summed E-state index contributed by atoms with van der Waals surface area (Å²) in [7, 11) is 0. The molecule has 1 heterocycles. The fraction of sp³-hybridized carbons (Fsp3) is 0.235. The van der Waals surface area contributed by atoms with Crippen LogP contribution in [0.1, 0.15) is 19.4 Å². The molecule has 5 nitrogen and oxygen atoms in total. The van der Waals surface area contributed by atoms with E-state index in [4.69, 9.17) is 0 Å². The molecule has 0 aliphatic carbocycles. The summed E-state index contributed by atoms with van der Waals surface area (Å²) < 4.78 is 9.38. The van der Waals surface area contributed by atoms with Crippen molar-refractivity contribution >= 4 is 18.0 Å². The van der Waals surface area contributed by atoms with E-state index in [1.807, 2.05) is 12.1 Å². The summed E-state index contributed by atoms with van der Waals surface area (Å²) in [5, 5.41) is 0. The van der Waals surface area contributed by atoms with Crippen molar-refractivity contribution in [3.05, 3.63) is 61.0 Å². The lowest BCUT2D eigenvalue weighted by molar-refractivity contribution is -0.147. The average molecular weight is 303 g/mol. The van der Waals surface area contributed by atoms with Crippen LogP contribution in [0.5, 0.6) is 0 Å². The second kappa shape index (κ2) is 11.0. The van der Waals surface area contributed by atoms with Gasteiger partial charge < -0.3 is 9.47 Å². The SMILES string of the molecule is C=C(C)C(=O)OCCOC(=O)C(=C)C.C=Cc1ccncc1. The molecule has 0 saturated heterocycles. The van der Waals surface area contributed by atoms with E-state index in [0.29, 0.717) is 11.1 Å². The first kappa shape index (κ1) is 19.3. The van der Waals surface area contributed by atoms with Crippen molar-refractivity contribution in [3.8, 4) is 0 Å². The Bertz CT molecular complexity index is 507. The lowest BCUT2D eigenvalue weighted by Gasteiger charge is -2.05. The fourth-order valence-electron chi connectivity index (χ4n) is 1.01.